The second-order valence-electron chi connectivity index (χ2n) is 5.18. The lowest BCUT2D eigenvalue weighted by atomic mass is 9.98. The van der Waals surface area contributed by atoms with Crippen LogP contribution in [0.15, 0.2) is 24.3 Å². The third kappa shape index (κ3) is 4.68. The topological polar surface area (TPSA) is 46.6 Å². The smallest absolute Gasteiger partial charge is 0.415 e. The SMILES string of the molecule is COC(=O)N(C)C(=O)CCCc1cccc(C(C)C)c1. The van der Waals surface area contributed by atoms with Crippen molar-refractivity contribution in [3.8, 4) is 0 Å². The number of methoxy groups -OCH3 is 1. The minimum atomic E-state index is -0.614. The zero-order chi connectivity index (χ0) is 15.1. The van der Waals surface area contributed by atoms with Crippen LogP contribution in [-0.2, 0) is 16.0 Å². The molecule has 110 valence electrons. The highest BCUT2D eigenvalue weighted by Crippen LogP contribution is 2.17. The first-order valence-corrected chi connectivity index (χ1v) is 6.89. The normalized spacial score (nSPS) is 10.4. The fourth-order valence-corrected chi connectivity index (χ4v) is 1.96. The molecule has 0 saturated carbocycles. The Hall–Kier alpha value is -1.84. The molecule has 1 rings (SSSR count). The molecule has 0 aliphatic heterocycles. The first-order chi connectivity index (χ1) is 9.45. The monoisotopic (exact) mass is 277 g/mol. The molecule has 20 heavy (non-hydrogen) atoms. The zero-order valence-corrected chi connectivity index (χ0v) is 12.7. The van der Waals surface area contributed by atoms with Gasteiger partial charge in [-0.2, -0.15) is 0 Å². The first-order valence-electron chi connectivity index (χ1n) is 6.89. The van der Waals surface area contributed by atoms with Crippen LogP contribution in [0.1, 0.15) is 43.7 Å². The molecule has 4 heteroatoms. The van der Waals surface area contributed by atoms with Gasteiger partial charge in [0.05, 0.1) is 7.11 Å². The van der Waals surface area contributed by atoms with Gasteiger partial charge < -0.3 is 4.74 Å². The molecule has 0 unspecified atom stereocenters. The number of imide groups is 1. The van der Waals surface area contributed by atoms with Crippen LogP contribution in [0.3, 0.4) is 0 Å². The molecule has 0 atom stereocenters. The van der Waals surface area contributed by atoms with Crippen LogP contribution in [0, 0.1) is 0 Å². The summed E-state index contributed by atoms with van der Waals surface area (Å²) in [5.41, 5.74) is 2.53. The van der Waals surface area contributed by atoms with E-state index in [1.807, 2.05) is 6.07 Å². The number of rotatable bonds is 5. The van der Waals surface area contributed by atoms with Gasteiger partial charge in [-0.15, -0.1) is 0 Å². The van der Waals surface area contributed by atoms with Gasteiger partial charge in [0.25, 0.3) is 0 Å². The third-order valence-corrected chi connectivity index (χ3v) is 3.30. The third-order valence-electron chi connectivity index (χ3n) is 3.30. The van der Waals surface area contributed by atoms with E-state index in [-0.39, 0.29) is 5.91 Å². The lowest BCUT2D eigenvalue weighted by Crippen LogP contribution is -2.32. The summed E-state index contributed by atoms with van der Waals surface area (Å²) in [6.45, 7) is 4.32. The maximum atomic E-state index is 11.7. The number of aryl methyl sites for hydroxylation is 1. The van der Waals surface area contributed by atoms with E-state index >= 15 is 0 Å². The largest absolute Gasteiger partial charge is 0.452 e. The molecule has 1 aromatic rings. The molecule has 0 aliphatic carbocycles. The molecule has 4 nitrogen and oxygen atoms in total. The zero-order valence-electron chi connectivity index (χ0n) is 12.7. The fraction of sp³-hybridized carbons (Fsp3) is 0.500. The molecule has 0 saturated heterocycles. The highest BCUT2D eigenvalue weighted by molar-refractivity contribution is 5.91. The Morgan fingerprint density at radius 3 is 2.60 bits per heavy atom. The average Bonchev–Trinajstić information content (AvgIpc) is 2.45. The number of ether oxygens (including phenoxy) is 1. The highest BCUT2D eigenvalue weighted by Gasteiger charge is 2.16. The minimum Gasteiger partial charge on any atom is -0.452 e. The van der Waals surface area contributed by atoms with Crippen molar-refractivity contribution in [2.75, 3.05) is 14.2 Å². The summed E-state index contributed by atoms with van der Waals surface area (Å²) in [5.74, 6) is 0.291. The van der Waals surface area contributed by atoms with Crippen molar-refractivity contribution in [3.05, 3.63) is 35.4 Å². The van der Waals surface area contributed by atoms with Gasteiger partial charge in [-0.25, -0.2) is 4.79 Å². The predicted molar refractivity (Wildman–Crippen MR) is 78.6 cm³/mol. The molecule has 0 aliphatic rings. The van der Waals surface area contributed by atoms with Gasteiger partial charge in [0, 0.05) is 13.5 Å². The Bertz CT molecular complexity index is 469. The summed E-state index contributed by atoms with van der Waals surface area (Å²) in [5, 5.41) is 0. The number of hydrogen-bond acceptors (Lipinski definition) is 3. The van der Waals surface area contributed by atoms with Crippen LogP contribution in [0.5, 0.6) is 0 Å². The van der Waals surface area contributed by atoms with Crippen LogP contribution in [0.2, 0.25) is 0 Å². The Morgan fingerprint density at radius 2 is 2.00 bits per heavy atom. The summed E-state index contributed by atoms with van der Waals surface area (Å²) in [6.07, 6.45) is 1.29. The second kappa shape index (κ2) is 7.68. The molecule has 0 fully saturated rings. The van der Waals surface area contributed by atoms with Crippen LogP contribution in [0.25, 0.3) is 0 Å². The van der Waals surface area contributed by atoms with Gasteiger partial charge in [-0.05, 0) is 29.9 Å². The molecule has 1 aromatic carbocycles. The molecular weight excluding hydrogens is 254 g/mol. The predicted octanol–water partition coefficient (Wildman–Crippen LogP) is 3.36. The van der Waals surface area contributed by atoms with Crippen LogP contribution in [-0.4, -0.2) is 31.1 Å². The molecular formula is C16H23NO3. The average molecular weight is 277 g/mol. The summed E-state index contributed by atoms with van der Waals surface area (Å²) < 4.78 is 4.51. The Labute approximate surface area is 120 Å². The van der Waals surface area contributed by atoms with Crippen molar-refractivity contribution in [3.63, 3.8) is 0 Å². The van der Waals surface area contributed by atoms with Gasteiger partial charge in [-0.1, -0.05) is 38.1 Å². The molecule has 0 aromatic heterocycles. The van der Waals surface area contributed by atoms with Gasteiger partial charge >= 0.3 is 6.09 Å². The first kappa shape index (κ1) is 16.2. The van der Waals surface area contributed by atoms with E-state index in [0.29, 0.717) is 12.3 Å². The van der Waals surface area contributed by atoms with Crippen molar-refractivity contribution in [1.29, 1.82) is 0 Å². The van der Waals surface area contributed by atoms with Gasteiger partial charge in [0.15, 0.2) is 0 Å². The van der Waals surface area contributed by atoms with E-state index in [0.717, 1.165) is 17.7 Å². The maximum Gasteiger partial charge on any atom is 0.415 e. The van der Waals surface area contributed by atoms with Gasteiger partial charge in [-0.3, -0.25) is 9.69 Å². The van der Waals surface area contributed by atoms with Crippen molar-refractivity contribution in [1.82, 2.24) is 4.90 Å². The number of carbonyl (C=O) groups excluding carboxylic acids is 2. The van der Waals surface area contributed by atoms with E-state index < -0.39 is 6.09 Å². The molecule has 0 N–H and O–H groups in total. The van der Waals surface area contributed by atoms with Crippen molar-refractivity contribution in [2.24, 2.45) is 0 Å². The van der Waals surface area contributed by atoms with Gasteiger partial charge in [0.1, 0.15) is 0 Å². The second-order valence-corrected chi connectivity index (χ2v) is 5.18. The van der Waals surface area contributed by atoms with Gasteiger partial charge in [0.2, 0.25) is 5.91 Å². The number of benzene rings is 1. The molecule has 0 radical (unpaired) electrons. The molecule has 0 bridgehead atoms. The van der Waals surface area contributed by atoms with E-state index in [1.54, 1.807) is 0 Å². The number of nitrogens with zero attached hydrogens (tertiary/aromatic N) is 1. The van der Waals surface area contributed by atoms with E-state index in [4.69, 9.17) is 0 Å². The minimum absolute atomic E-state index is 0.211. The van der Waals surface area contributed by atoms with Crippen LogP contribution in [0.4, 0.5) is 4.79 Å². The van der Waals surface area contributed by atoms with Crippen LogP contribution >= 0.6 is 0 Å². The lowest BCUT2D eigenvalue weighted by molar-refractivity contribution is -0.128. The quantitative estimate of drug-likeness (QED) is 0.829. The van der Waals surface area contributed by atoms with Crippen molar-refractivity contribution < 1.29 is 14.3 Å². The van der Waals surface area contributed by atoms with Crippen molar-refractivity contribution >= 4 is 12.0 Å². The summed E-state index contributed by atoms with van der Waals surface area (Å²) in [4.78, 5) is 23.9. The maximum absolute atomic E-state index is 11.7. The molecule has 0 spiro atoms. The summed E-state index contributed by atoms with van der Waals surface area (Å²) >= 11 is 0. The number of carbonyl (C=O) groups is 2. The standard InChI is InChI=1S/C16H23NO3/c1-12(2)14-9-5-7-13(11-14)8-6-10-15(18)17(3)16(19)20-4/h5,7,9,11-12H,6,8,10H2,1-4H3. The summed E-state index contributed by atoms with van der Waals surface area (Å²) in [6, 6.07) is 8.41. The number of amides is 2. The summed E-state index contributed by atoms with van der Waals surface area (Å²) in [7, 11) is 2.71. The lowest BCUT2D eigenvalue weighted by Gasteiger charge is -2.13. The Kier molecular flexibility index (Phi) is 6.22. The Balaban J connectivity index is 2.46. The fourth-order valence-electron chi connectivity index (χ4n) is 1.96. The number of hydrogen-bond donors (Lipinski definition) is 0. The van der Waals surface area contributed by atoms with E-state index in [9.17, 15) is 9.59 Å². The van der Waals surface area contributed by atoms with Crippen LogP contribution < -0.4 is 0 Å². The molecule has 2 amide bonds. The van der Waals surface area contributed by atoms with E-state index in [2.05, 4.69) is 36.8 Å². The Morgan fingerprint density at radius 1 is 1.30 bits per heavy atom. The van der Waals surface area contributed by atoms with E-state index in [1.165, 1.54) is 25.3 Å². The highest BCUT2D eigenvalue weighted by atomic mass is 16.5. The molecule has 0 heterocycles. The van der Waals surface area contributed by atoms with Crippen molar-refractivity contribution in [2.45, 2.75) is 39.0 Å².